The van der Waals surface area contributed by atoms with Gasteiger partial charge in [0.25, 0.3) is 0 Å². The summed E-state index contributed by atoms with van der Waals surface area (Å²) in [6, 6.07) is 12.3. The van der Waals surface area contributed by atoms with Gasteiger partial charge in [-0.15, -0.1) is 0 Å². The summed E-state index contributed by atoms with van der Waals surface area (Å²) in [4.78, 5) is 12.0. The lowest BCUT2D eigenvalue weighted by atomic mass is 9.89. The molecule has 1 unspecified atom stereocenters. The first-order valence-corrected chi connectivity index (χ1v) is 6.75. The predicted octanol–water partition coefficient (Wildman–Crippen LogP) is 3.26. The second kappa shape index (κ2) is 5.56. The molecule has 0 saturated carbocycles. The minimum Gasteiger partial charge on any atom is -0.368 e. The topological polar surface area (TPSA) is 55.1 Å². The SMILES string of the molecule is Cc1ccc(C(C)(Nc2ccccc2C)C(N)=O)cc1F. The van der Waals surface area contributed by atoms with Crippen molar-refractivity contribution >= 4 is 11.6 Å². The van der Waals surface area contributed by atoms with Crippen LogP contribution in [0.1, 0.15) is 23.6 Å². The van der Waals surface area contributed by atoms with Crippen LogP contribution in [0.5, 0.6) is 0 Å². The van der Waals surface area contributed by atoms with Crippen molar-refractivity contribution in [3.8, 4) is 0 Å². The zero-order valence-electron chi connectivity index (χ0n) is 12.4. The van der Waals surface area contributed by atoms with Crippen LogP contribution in [0.15, 0.2) is 42.5 Å². The molecule has 4 heteroatoms. The van der Waals surface area contributed by atoms with Crippen molar-refractivity contribution in [1.29, 1.82) is 0 Å². The molecular formula is C17H19FN2O. The van der Waals surface area contributed by atoms with E-state index in [1.807, 2.05) is 31.2 Å². The van der Waals surface area contributed by atoms with Crippen molar-refractivity contribution in [3.05, 3.63) is 65.0 Å². The summed E-state index contributed by atoms with van der Waals surface area (Å²) in [6.45, 7) is 5.26. The fourth-order valence-electron chi connectivity index (χ4n) is 2.16. The van der Waals surface area contributed by atoms with Crippen molar-refractivity contribution in [1.82, 2.24) is 0 Å². The van der Waals surface area contributed by atoms with Crippen molar-refractivity contribution < 1.29 is 9.18 Å². The lowest BCUT2D eigenvalue weighted by Crippen LogP contribution is -2.45. The first-order valence-electron chi connectivity index (χ1n) is 6.75. The Morgan fingerprint density at radius 2 is 1.81 bits per heavy atom. The number of hydrogen-bond donors (Lipinski definition) is 2. The summed E-state index contributed by atoms with van der Waals surface area (Å²) in [5, 5.41) is 3.14. The number of primary amides is 1. The molecule has 1 atom stereocenters. The van der Waals surface area contributed by atoms with E-state index in [9.17, 15) is 9.18 Å². The molecule has 0 saturated heterocycles. The lowest BCUT2D eigenvalue weighted by molar-refractivity contribution is -0.122. The maximum atomic E-state index is 13.8. The average Bonchev–Trinajstić information content (AvgIpc) is 2.44. The minimum atomic E-state index is -1.18. The maximum Gasteiger partial charge on any atom is 0.247 e. The second-order valence-electron chi connectivity index (χ2n) is 5.39. The molecule has 1 amide bonds. The Hall–Kier alpha value is -2.36. The number of amides is 1. The Labute approximate surface area is 124 Å². The zero-order valence-corrected chi connectivity index (χ0v) is 12.4. The van der Waals surface area contributed by atoms with Crippen LogP contribution >= 0.6 is 0 Å². The molecule has 2 aromatic carbocycles. The summed E-state index contributed by atoms with van der Waals surface area (Å²) in [7, 11) is 0. The van der Waals surface area contributed by atoms with E-state index in [0.29, 0.717) is 11.1 Å². The molecule has 2 rings (SSSR count). The average molecular weight is 286 g/mol. The van der Waals surface area contributed by atoms with Gasteiger partial charge < -0.3 is 11.1 Å². The third-order valence-corrected chi connectivity index (χ3v) is 3.77. The zero-order chi connectivity index (χ0) is 15.6. The molecule has 0 aliphatic heterocycles. The third-order valence-electron chi connectivity index (χ3n) is 3.77. The van der Waals surface area contributed by atoms with E-state index in [0.717, 1.165) is 11.3 Å². The molecule has 0 fully saturated rings. The van der Waals surface area contributed by atoms with Gasteiger partial charge in [0.05, 0.1) is 0 Å². The van der Waals surface area contributed by atoms with Crippen LogP contribution in [0, 0.1) is 19.7 Å². The van der Waals surface area contributed by atoms with Crippen molar-refractivity contribution in [2.24, 2.45) is 5.73 Å². The van der Waals surface area contributed by atoms with Crippen LogP contribution in [0.3, 0.4) is 0 Å². The Bertz CT molecular complexity index is 684. The molecule has 3 nitrogen and oxygen atoms in total. The molecule has 3 N–H and O–H groups in total. The van der Waals surface area contributed by atoms with E-state index in [2.05, 4.69) is 5.32 Å². The van der Waals surface area contributed by atoms with Gasteiger partial charge in [-0.25, -0.2) is 4.39 Å². The smallest absolute Gasteiger partial charge is 0.247 e. The normalized spacial score (nSPS) is 13.5. The first kappa shape index (κ1) is 15.0. The number of aryl methyl sites for hydroxylation is 2. The molecular weight excluding hydrogens is 267 g/mol. The Balaban J connectivity index is 2.48. The summed E-state index contributed by atoms with van der Waals surface area (Å²) < 4.78 is 13.8. The number of para-hydroxylation sites is 1. The number of benzene rings is 2. The van der Waals surface area contributed by atoms with Gasteiger partial charge >= 0.3 is 0 Å². The Morgan fingerprint density at radius 3 is 2.38 bits per heavy atom. The summed E-state index contributed by atoms with van der Waals surface area (Å²) in [5.74, 6) is -0.916. The maximum absolute atomic E-state index is 13.8. The molecule has 2 aromatic rings. The van der Waals surface area contributed by atoms with Crippen molar-refractivity contribution in [3.63, 3.8) is 0 Å². The van der Waals surface area contributed by atoms with Gasteiger partial charge in [0.15, 0.2) is 0 Å². The third kappa shape index (κ3) is 2.89. The second-order valence-corrected chi connectivity index (χ2v) is 5.39. The lowest BCUT2D eigenvalue weighted by Gasteiger charge is -2.30. The van der Waals surface area contributed by atoms with Crippen LogP contribution < -0.4 is 11.1 Å². The van der Waals surface area contributed by atoms with Gasteiger partial charge in [0.2, 0.25) is 5.91 Å². The highest BCUT2D eigenvalue weighted by molar-refractivity contribution is 5.89. The van der Waals surface area contributed by atoms with Crippen molar-refractivity contribution in [2.45, 2.75) is 26.3 Å². The van der Waals surface area contributed by atoms with Gasteiger partial charge in [-0.3, -0.25) is 4.79 Å². The number of nitrogens with one attached hydrogen (secondary N) is 1. The van der Waals surface area contributed by atoms with E-state index in [4.69, 9.17) is 5.73 Å². The van der Waals surface area contributed by atoms with Crippen molar-refractivity contribution in [2.75, 3.05) is 5.32 Å². The standard InChI is InChI=1S/C17H19FN2O/c1-11-8-9-13(10-14(11)18)17(3,16(19)21)20-15-7-5-4-6-12(15)2/h4-10,20H,1-3H3,(H2,19,21). The number of carbonyl (C=O) groups excluding carboxylic acids is 1. The van der Waals surface area contributed by atoms with Crippen LogP contribution in [0.4, 0.5) is 10.1 Å². The van der Waals surface area contributed by atoms with E-state index < -0.39 is 11.4 Å². The number of anilines is 1. The monoisotopic (exact) mass is 286 g/mol. The molecule has 0 spiro atoms. The van der Waals surface area contributed by atoms with E-state index in [1.54, 1.807) is 26.0 Å². The Morgan fingerprint density at radius 1 is 1.14 bits per heavy atom. The summed E-state index contributed by atoms with van der Waals surface area (Å²) >= 11 is 0. The number of rotatable bonds is 4. The molecule has 0 aromatic heterocycles. The number of halogens is 1. The predicted molar refractivity (Wildman–Crippen MR) is 82.5 cm³/mol. The van der Waals surface area contributed by atoms with E-state index in [1.165, 1.54) is 6.07 Å². The summed E-state index contributed by atoms with van der Waals surface area (Å²) in [5.41, 5.74) is 7.19. The number of nitrogens with two attached hydrogens (primary N) is 1. The largest absolute Gasteiger partial charge is 0.368 e. The molecule has 0 aliphatic carbocycles. The fraction of sp³-hybridized carbons (Fsp3) is 0.235. The van der Waals surface area contributed by atoms with Crippen LogP contribution in [0.25, 0.3) is 0 Å². The molecule has 0 bridgehead atoms. The minimum absolute atomic E-state index is 0.355. The molecule has 0 heterocycles. The number of hydrogen-bond acceptors (Lipinski definition) is 2. The molecule has 110 valence electrons. The molecule has 21 heavy (non-hydrogen) atoms. The fourth-order valence-corrected chi connectivity index (χ4v) is 2.16. The highest BCUT2D eigenvalue weighted by Crippen LogP contribution is 2.28. The molecule has 0 radical (unpaired) electrons. The van der Waals surface area contributed by atoms with Gasteiger partial charge in [0, 0.05) is 5.69 Å². The van der Waals surface area contributed by atoms with Gasteiger partial charge in [-0.2, -0.15) is 0 Å². The number of carbonyl (C=O) groups is 1. The molecule has 0 aliphatic rings. The first-order chi connectivity index (χ1) is 9.84. The summed E-state index contributed by atoms with van der Waals surface area (Å²) in [6.07, 6.45) is 0. The van der Waals surface area contributed by atoms with Crippen LogP contribution in [-0.4, -0.2) is 5.91 Å². The highest BCUT2D eigenvalue weighted by Gasteiger charge is 2.34. The van der Waals surface area contributed by atoms with E-state index >= 15 is 0 Å². The van der Waals surface area contributed by atoms with Crippen LogP contribution in [0.2, 0.25) is 0 Å². The van der Waals surface area contributed by atoms with Crippen LogP contribution in [-0.2, 0) is 10.3 Å². The van der Waals surface area contributed by atoms with E-state index in [-0.39, 0.29) is 5.82 Å². The quantitative estimate of drug-likeness (QED) is 0.906. The van der Waals surface area contributed by atoms with Gasteiger partial charge in [0.1, 0.15) is 11.4 Å². The highest BCUT2D eigenvalue weighted by atomic mass is 19.1. The Kier molecular flexibility index (Phi) is 3.98. The van der Waals surface area contributed by atoms with Gasteiger partial charge in [-0.1, -0.05) is 30.3 Å². The van der Waals surface area contributed by atoms with Gasteiger partial charge in [-0.05, 0) is 49.6 Å².